The maximum Gasteiger partial charge on any atom is 0.302 e. The highest BCUT2D eigenvalue weighted by Gasteiger charge is 2.33. The van der Waals surface area contributed by atoms with Crippen molar-refractivity contribution >= 4 is 22.8 Å². The van der Waals surface area contributed by atoms with Crippen LogP contribution in [0.15, 0.2) is 18.6 Å². The van der Waals surface area contributed by atoms with Crippen LogP contribution in [0.4, 0.5) is 5.82 Å². The van der Waals surface area contributed by atoms with Crippen LogP contribution in [0.5, 0.6) is 0 Å². The number of carbonyl (C=O) groups is 1. The SMILES string of the molecule is [2H]C([2H])([N+]#[C-])C(=O)N1CC[C@@]([2H])(C([2H])([2H])[2H])[C@@]([2H])(N(C)c2ncnc3[nH]ccc23)C1. The third-order valence-corrected chi connectivity index (χ3v) is 3.81. The number of likely N-dealkylation sites (N-methyl/N-ethyl adjacent to an activating group) is 1. The molecule has 1 saturated heterocycles. The van der Waals surface area contributed by atoms with Crippen LogP contribution in [0.25, 0.3) is 15.9 Å². The van der Waals surface area contributed by atoms with Gasteiger partial charge in [-0.05, 0) is 18.4 Å². The smallest absolute Gasteiger partial charge is 0.302 e. The molecule has 120 valence electrons. The summed E-state index contributed by atoms with van der Waals surface area (Å²) in [5.41, 5.74) is 0.452. The number of rotatable bonds is 3. The van der Waals surface area contributed by atoms with E-state index >= 15 is 0 Å². The molecule has 0 bridgehead atoms. The summed E-state index contributed by atoms with van der Waals surface area (Å²) in [6.07, 6.45) is 2.43. The molecule has 1 amide bonds. The fraction of sp³-hybridized carbons (Fsp3) is 0.500. The topological polar surface area (TPSA) is 69.5 Å². The minimum atomic E-state index is -2.87. The van der Waals surface area contributed by atoms with Gasteiger partial charge in [-0.1, -0.05) is 6.85 Å². The molecule has 1 fully saturated rings. The molecule has 3 heterocycles. The second-order valence-electron chi connectivity index (χ2n) is 5.12. The van der Waals surface area contributed by atoms with Crippen LogP contribution in [-0.4, -0.2) is 58.4 Å². The van der Waals surface area contributed by atoms with Gasteiger partial charge in [0.25, 0.3) is 6.50 Å². The monoisotopic (exact) mass is 319 g/mol. The predicted octanol–water partition coefficient (Wildman–Crippen LogP) is 1.55. The first kappa shape index (κ1) is 8.87. The van der Waals surface area contributed by atoms with E-state index in [-0.39, 0.29) is 12.4 Å². The van der Waals surface area contributed by atoms with Gasteiger partial charge < -0.3 is 19.6 Å². The first-order valence-corrected chi connectivity index (χ1v) is 6.98. The van der Waals surface area contributed by atoms with Gasteiger partial charge in [0.1, 0.15) is 20.5 Å². The van der Waals surface area contributed by atoms with Crippen molar-refractivity contribution in [1.82, 2.24) is 19.9 Å². The van der Waals surface area contributed by atoms with Crippen molar-refractivity contribution in [2.45, 2.75) is 19.3 Å². The van der Waals surface area contributed by atoms with Crippen molar-refractivity contribution in [2.75, 3.05) is 31.5 Å². The first-order chi connectivity index (χ1) is 13.8. The summed E-state index contributed by atoms with van der Waals surface area (Å²) in [7, 11) is 1.41. The van der Waals surface area contributed by atoms with Gasteiger partial charge in [0.2, 0.25) is 0 Å². The minimum absolute atomic E-state index is 0.194. The number of amides is 1. The zero-order valence-corrected chi connectivity index (χ0v) is 12.5. The molecule has 0 unspecified atom stereocenters. The summed E-state index contributed by atoms with van der Waals surface area (Å²) in [4.78, 5) is 28.5. The van der Waals surface area contributed by atoms with Gasteiger partial charge in [-0.15, -0.1) is 0 Å². The minimum Gasteiger partial charge on any atom is -0.354 e. The van der Waals surface area contributed by atoms with Crippen molar-refractivity contribution in [3.8, 4) is 0 Å². The maximum absolute atomic E-state index is 12.5. The molecule has 0 aromatic carbocycles. The number of likely N-dealkylation sites (tertiary alicyclic amines) is 1. The Balaban J connectivity index is 2.12. The summed E-state index contributed by atoms with van der Waals surface area (Å²) >= 11 is 0. The van der Waals surface area contributed by atoms with Crippen LogP contribution in [-0.2, 0) is 4.79 Å². The van der Waals surface area contributed by atoms with E-state index in [1.165, 1.54) is 18.3 Å². The van der Waals surface area contributed by atoms with Crippen LogP contribution in [0, 0.1) is 12.5 Å². The third kappa shape index (κ3) is 2.84. The molecule has 7 nitrogen and oxygen atoms in total. The zero-order valence-electron chi connectivity index (χ0n) is 19.5. The van der Waals surface area contributed by atoms with Crippen LogP contribution in [0.2, 0.25) is 0 Å². The summed E-state index contributed by atoms with van der Waals surface area (Å²) in [5, 5.41) is 0.499. The van der Waals surface area contributed by atoms with E-state index in [1.54, 1.807) is 12.3 Å². The second-order valence-corrected chi connectivity index (χ2v) is 5.12. The molecule has 2 aromatic rings. The number of aromatic nitrogens is 3. The molecule has 2 aromatic heterocycles. The van der Waals surface area contributed by atoms with Gasteiger partial charge >= 0.3 is 5.91 Å². The molecule has 0 aliphatic carbocycles. The Morgan fingerprint density at radius 1 is 1.74 bits per heavy atom. The maximum atomic E-state index is 12.5. The van der Waals surface area contributed by atoms with Crippen molar-refractivity contribution in [1.29, 1.82) is 0 Å². The number of H-pyrrole nitrogens is 1. The lowest BCUT2D eigenvalue weighted by atomic mass is 9.92. The largest absolute Gasteiger partial charge is 0.354 e. The molecule has 0 radical (unpaired) electrons. The Bertz CT molecular complexity index is 1020. The number of fused-ring (bicyclic) bond motifs is 1. The summed E-state index contributed by atoms with van der Waals surface area (Å²) in [6, 6.07) is -0.572. The Labute approximate surface area is 145 Å². The molecule has 7 heteroatoms. The number of carbonyl (C=O) groups excluding carboxylic acids is 1. The standard InChI is InChI=1S/C16H20N6O/c1-11-5-7-22(14(23)8-17-2)9-13(11)21(3)16-12-4-6-18-15(12)19-10-20-16/h4,6,10-11,13H,5,7-9H2,1,3H3,(H,18,19,20)/t11-,13+/m1/s1/i1D3,8D2,11D,13D. The molecule has 23 heavy (non-hydrogen) atoms. The molecular formula is C16H20N6O. The number of aromatic amines is 1. The Kier molecular flexibility index (Phi) is 2.41. The number of nitrogens with zero attached hydrogens (tertiary/aromatic N) is 5. The van der Waals surface area contributed by atoms with Gasteiger partial charge in [-0.2, -0.15) is 0 Å². The van der Waals surface area contributed by atoms with E-state index in [0.717, 1.165) is 4.90 Å². The molecule has 1 N–H and O–H groups in total. The lowest BCUT2D eigenvalue weighted by Crippen LogP contribution is -2.53. The van der Waals surface area contributed by atoms with Crippen LogP contribution >= 0.6 is 0 Å². The number of hydrogen-bond donors (Lipinski definition) is 1. The average molecular weight is 319 g/mol. The molecule has 0 saturated carbocycles. The van der Waals surface area contributed by atoms with E-state index in [2.05, 4.69) is 19.8 Å². The molecule has 2 atom stereocenters. The molecule has 1 aliphatic heterocycles. The molecule has 0 spiro atoms. The zero-order chi connectivity index (χ0) is 22.5. The fourth-order valence-electron chi connectivity index (χ4n) is 2.60. The van der Waals surface area contributed by atoms with E-state index in [0.29, 0.717) is 11.0 Å². The lowest BCUT2D eigenvalue weighted by molar-refractivity contribution is -0.130. The molecular weight excluding hydrogens is 292 g/mol. The predicted molar refractivity (Wildman–Crippen MR) is 87.9 cm³/mol. The summed E-state index contributed by atoms with van der Waals surface area (Å²) in [5.74, 6) is -3.28. The molecule has 1 aliphatic rings. The van der Waals surface area contributed by atoms with Gasteiger partial charge in [-0.3, -0.25) is 4.79 Å². The van der Waals surface area contributed by atoms with Crippen molar-refractivity contribution in [2.24, 2.45) is 5.89 Å². The second kappa shape index (κ2) is 6.24. The normalized spacial score (nSPS) is 33.2. The summed E-state index contributed by atoms with van der Waals surface area (Å²) < 4.78 is 56.9. The number of piperidine rings is 1. The molecule has 3 rings (SSSR count). The fourth-order valence-corrected chi connectivity index (χ4v) is 2.60. The number of anilines is 1. The number of hydrogen-bond acceptors (Lipinski definition) is 4. The highest BCUT2D eigenvalue weighted by Crippen LogP contribution is 2.28. The highest BCUT2D eigenvalue weighted by molar-refractivity contribution is 5.87. The van der Waals surface area contributed by atoms with Gasteiger partial charge in [0.15, 0.2) is 0 Å². The van der Waals surface area contributed by atoms with Gasteiger partial charge in [0.05, 0.1) is 12.8 Å². The Morgan fingerprint density at radius 3 is 3.39 bits per heavy atom. The quantitative estimate of drug-likeness (QED) is 0.872. The van der Waals surface area contributed by atoms with Crippen LogP contribution < -0.4 is 4.90 Å². The summed E-state index contributed by atoms with van der Waals surface area (Å²) in [6.45, 7) is 0.359. The van der Waals surface area contributed by atoms with E-state index < -0.39 is 44.1 Å². The Morgan fingerprint density at radius 2 is 2.61 bits per heavy atom. The van der Waals surface area contributed by atoms with E-state index in [1.807, 2.05) is 0 Å². The van der Waals surface area contributed by atoms with Crippen molar-refractivity contribution < 1.29 is 14.4 Å². The van der Waals surface area contributed by atoms with Crippen LogP contribution in [0.1, 0.15) is 22.9 Å². The lowest BCUT2D eigenvalue weighted by Gasteiger charge is -2.41. The highest BCUT2D eigenvalue weighted by atomic mass is 16.2. The van der Waals surface area contributed by atoms with E-state index in [4.69, 9.17) is 16.2 Å². The van der Waals surface area contributed by atoms with E-state index in [9.17, 15) is 4.79 Å². The van der Waals surface area contributed by atoms with Crippen LogP contribution in [0.3, 0.4) is 0 Å². The average Bonchev–Trinajstić information content (AvgIpc) is 3.17. The Hall–Kier alpha value is -2.62. The van der Waals surface area contributed by atoms with Gasteiger partial charge in [0, 0.05) is 31.8 Å². The van der Waals surface area contributed by atoms with Gasteiger partial charge in [-0.25, -0.2) is 16.5 Å². The van der Waals surface area contributed by atoms with Crippen molar-refractivity contribution in [3.05, 3.63) is 30.0 Å². The number of nitrogens with one attached hydrogen (secondary N) is 1. The third-order valence-electron chi connectivity index (χ3n) is 3.81. The first-order valence-electron chi connectivity index (χ1n) is 10.5. The van der Waals surface area contributed by atoms with Crippen molar-refractivity contribution in [3.63, 3.8) is 0 Å².